The van der Waals surface area contributed by atoms with Gasteiger partial charge >= 0.3 is 0 Å². The fourth-order valence-electron chi connectivity index (χ4n) is 2.34. The minimum absolute atomic E-state index is 0.00597. The molecule has 14 heavy (non-hydrogen) atoms. The molecule has 2 aliphatic rings. The summed E-state index contributed by atoms with van der Waals surface area (Å²) in [5, 5.41) is 3.00. The number of amides is 1. The summed E-state index contributed by atoms with van der Waals surface area (Å²) in [7, 11) is 0. The van der Waals surface area contributed by atoms with Crippen LogP contribution in [0.25, 0.3) is 0 Å². The Morgan fingerprint density at radius 2 is 2.14 bits per heavy atom. The molecule has 0 aromatic rings. The van der Waals surface area contributed by atoms with E-state index in [-0.39, 0.29) is 18.1 Å². The Hall–Kier alpha value is -0.830. The summed E-state index contributed by atoms with van der Waals surface area (Å²) in [6, 6.07) is 0.234. The van der Waals surface area contributed by atoms with Crippen LogP contribution in [0.5, 0.6) is 0 Å². The molecular formula is C11H17NO2. The summed E-state index contributed by atoms with van der Waals surface area (Å²) < 4.78 is 5.75. The Balaban J connectivity index is 1.88. The van der Waals surface area contributed by atoms with Crippen LogP contribution < -0.4 is 5.32 Å². The second-order valence-electron chi connectivity index (χ2n) is 4.07. The number of fused-ring (bicyclic) bond motifs is 2. The maximum absolute atomic E-state index is 11.3. The zero-order valence-electron chi connectivity index (χ0n) is 8.53. The second-order valence-corrected chi connectivity index (χ2v) is 4.07. The van der Waals surface area contributed by atoms with Gasteiger partial charge in [0, 0.05) is 0 Å². The maximum atomic E-state index is 11.3. The Morgan fingerprint density at radius 3 is 2.93 bits per heavy atom. The summed E-state index contributed by atoms with van der Waals surface area (Å²) in [5.74, 6) is 0.00597. The molecule has 78 valence electrons. The molecule has 2 saturated heterocycles. The summed E-state index contributed by atoms with van der Waals surface area (Å²) in [5.41, 5.74) is 0. The number of carbonyl (C=O) groups is 1. The van der Waals surface area contributed by atoms with Crippen LogP contribution in [-0.2, 0) is 9.53 Å². The van der Waals surface area contributed by atoms with Crippen LogP contribution >= 0.6 is 0 Å². The summed E-state index contributed by atoms with van der Waals surface area (Å²) in [4.78, 5) is 11.3. The van der Waals surface area contributed by atoms with Crippen molar-refractivity contribution in [3.63, 3.8) is 0 Å². The number of ether oxygens (including phenoxy) is 1. The average Bonchev–Trinajstić information content (AvgIpc) is 2.54. The molecule has 2 heterocycles. The lowest BCUT2D eigenvalue weighted by atomic mass is 10.0. The van der Waals surface area contributed by atoms with Gasteiger partial charge in [-0.05, 0) is 38.7 Å². The molecule has 3 heteroatoms. The Kier molecular flexibility index (Phi) is 2.87. The van der Waals surface area contributed by atoms with E-state index in [1.54, 1.807) is 12.2 Å². The van der Waals surface area contributed by atoms with Crippen LogP contribution in [0.1, 0.15) is 32.6 Å². The lowest BCUT2D eigenvalue weighted by molar-refractivity contribution is -0.119. The van der Waals surface area contributed by atoms with Crippen molar-refractivity contribution in [3.05, 3.63) is 12.2 Å². The third-order valence-corrected chi connectivity index (χ3v) is 3.03. The molecular weight excluding hydrogens is 178 g/mol. The van der Waals surface area contributed by atoms with Gasteiger partial charge in [-0.1, -0.05) is 6.08 Å². The Morgan fingerprint density at radius 1 is 1.36 bits per heavy atom. The monoisotopic (exact) mass is 195 g/mol. The van der Waals surface area contributed by atoms with Gasteiger partial charge in [0.2, 0.25) is 5.91 Å². The van der Waals surface area contributed by atoms with Crippen LogP contribution in [0.4, 0.5) is 0 Å². The Bertz CT molecular complexity index is 250. The molecule has 2 bridgehead atoms. The number of allylic oxidation sites excluding steroid dienone is 1. The molecule has 3 nitrogen and oxygen atoms in total. The normalized spacial score (nSPS) is 36.2. The average molecular weight is 195 g/mol. The van der Waals surface area contributed by atoms with E-state index in [1.165, 1.54) is 6.42 Å². The van der Waals surface area contributed by atoms with Gasteiger partial charge in [0.25, 0.3) is 0 Å². The van der Waals surface area contributed by atoms with Gasteiger partial charge in [-0.25, -0.2) is 0 Å². The topological polar surface area (TPSA) is 38.3 Å². The molecule has 0 saturated carbocycles. The first-order valence-corrected chi connectivity index (χ1v) is 5.38. The van der Waals surface area contributed by atoms with E-state index < -0.39 is 0 Å². The smallest absolute Gasteiger partial charge is 0.243 e. The number of carbonyl (C=O) groups excluding carboxylic acids is 1. The quantitative estimate of drug-likeness (QED) is 0.676. The van der Waals surface area contributed by atoms with E-state index in [0.717, 1.165) is 19.3 Å². The first-order valence-electron chi connectivity index (χ1n) is 5.38. The molecule has 0 radical (unpaired) electrons. The number of nitrogens with one attached hydrogen (secondary N) is 1. The van der Waals surface area contributed by atoms with Gasteiger partial charge in [-0.15, -0.1) is 0 Å². The molecule has 2 aliphatic heterocycles. The van der Waals surface area contributed by atoms with Crippen molar-refractivity contribution in [3.8, 4) is 0 Å². The molecule has 1 amide bonds. The summed E-state index contributed by atoms with van der Waals surface area (Å²) in [6.45, 7) is 1.85. The van der Waals surface area contributed by atoms with Crippen molar-refractivity contribution >= 4 is 5.91 Å². The first-order chi connectivity index (χ1) is 6.79. The highest BCUT2D eigenvalue weighted by Crippen LogP contribution is 2.32. The van der Waals surface area contributed by atoms with E-state index in [4.69, 9.17) is 4.74 Å². The number of hydrogen-bond donors (Lipinski definition) is 1. The zero-order chi connectivity index (χ0) is 9.97. The fourth-order valence-corrected chi connectivity index (χ4v) is 2.34. The third kappa shape index (κ3) is 1.98. The minimum Gasteiger partial charge on any atom is -0.373 e. The molecule has 0 spiro atoms. The van der Waals surface area contributed by atoms with E-state index in [0.29, 0.717) is 6.10 Å². The second kappa shape index (κ2) is 4.13. The van der Waals surface area contributed by atoms with Gasteiger partial charge in [0.05, 0.1) is 18.2 Å². The van der Waals surface area contributed by atoms with Crippen molar-refractivity contribution < 1.29 is 9.53 Å². The molecule has 2 fully saturated rings. The predicted octanol–water partition coefficient (Wildman–Crippen LogP) is 1.39. The number of rotatable bonds is 2. The molecule has 3 atom stereocenters. The van der Waals surface area contributed by atoms with Gasteiger partial charge in [0.1, 0.15) is 0 Å². The van der Waals surface area contributed by atoms with Crippen LogP contribution in [-0.4, -0.2) is 24.2 Å². The maximum Gasteiger partial charge on any atom is 0.243 e. The van der Waals surface area contributed by atoms with Crippen molar-refractivity contribution in [2.45, 2.75) is 50.9 Å². The van der Waals surface area contributed by atoms with Gasteiger partial charge < -0.3 is 10.1 Å². The third-order valence-electron chi connectivity index (χ3n) is 3.03. The largest absolute Gasteiger partial charge is 0.373 e. The Labute approximate surface area is 84.5 Å². The van der Waals surface area contributed by atoms with Crippen molar-refractivity contribution in [2.24, 2.45) is 0 Å². The first kappa shape index (κ1) is 9.71. The highest BCUT2D eigenvalue weighted by Gasteiger charge is 2.36. The predicted molar refractivity (Wildman–Crippen MR) is 53.9 cm³/mol. The fraction of sp³-hybridized carbons (Fsp3) is 0.727. The molecule has 0 aromatic heterocycles. The van der Waals surface area contributed by atoms with Crippen molar-refractivity contribution in [1.29, 1.82) is 0 Å². The SMILES string of the molecule is C/C=C/C(=O)NC1CCC2CCC1O2. The van der Waals surface area contributed by atoms with Crippen LogP contribution in [0, 0.1) is 0 Å². The van der Waals surface area contributed by atoms with Crippen LogP contribution in [0.2, 0.25) is 0 Å². The molecule has 0 aromatic carbocycles. The van der Waals surface area contributed by atoms with Crippen molar-refractivity contribution in [1.82, 2.24) is 5.32 Å². The van der Waals surface area contributed by atoms with Crippen LogP contribution in [0.3, 0.4) is 0 Å². The van der Waals surface area contributed by atoms with E-state index in [1.807, 2.05) is 6.92 Å². The highest BCUT2D eigenvalue weighted by molar-refractivity contribution is 5.87. The minimum atomic E-state index is 0.00597. The molecule has 3 unspecified atom stereocenters. The lowest BCUT2D eigenvalue weighted by Crippen LogP contribution is -2.45. The summed E-state index contributed by atoms with van der Waals surface area (Å²) >= 11 is 0. The van der Waals surface area contributed by atoms with E-state index in [9.17, 15) is 4.79 Å². The van der Waals surface area contributed by atoms with E-state index in [2.05, 4.69) is 5.32 Å². The molecule has 2 rings (SSSR count). The van der Waals surface area contributed by atoms with Crippen LogP contribution in [0.15, 0.2) is 12.2 Å². The molecule has 1 N–H and O–H groups in total. The number of hydrogen-bond acceptors (Lipinski definition) is 2. The summed E-state index contributed by atoms with van der Waals surface area (Å²) in [6.07, 6.45) is 8.50. The van der Waals surface area contributed by atoms with E-state index >= 15 is 0 Å². The lowest BCUT2D eigenvalue weighted by Gasteiger charge is -2.29. The standard InChI is InChI=1S/C11H17NO2/c1-2-3-11(13)12-9-6-4-8-5-7-10(9)14-8/h2-3,8-10H,4-7H2,1H3,(H,12,13)/b3-2+. The highest BCUT2D eigenvalue weighted by atomic mass is 16.5. The van der Waals surface area contributed by atoms with Crippen molar-refractivity contribution in [2.75, 3.05) is 0 Å². The van der Waals surface area contributed by atoms with Gasteiger partial charge in [-0.3, -0.25) is 4.79 Å². The van der Waals surface area contributed by atoms with Gasteiger partial charge in [-0.2, -0.15) is 0 Å². The zero-order valence-corrected chi connectivity index (χ0v) is 8.53. The van der Waals surface area contributed by atoms with Gasteiger partial charge in [0.15, 0.2) is 0 Å². The molecule has 0 aliphatic carbocycles.